The predicted molar refractivity (Wildman–Crippen MR) is 91.2 cm³/mol. The van der Waals surface area contributed by atoms with Crippen LogP contribution < -0.4 is 14.8 Å². The first-order chi connectivity index (χ1) is 12.0. The summed E-state index contributed by atoms with van der Waals surface area (Å²) in [5, 5.41) is 18.5. The number of nitrogens with zero attached hydrogens (tertiary/aromatic N) is 4. The quantitative estimate of drug-likeness (QED) is 0.542. The molecule has 0 aliphatic heterocycles. The van der Waals surface area contributed by atoms with Crippen molar-refractivity contribution in [2.45, 2.75) is 13.0 Å². The van der Waals surface area contributed by atoms with Crippen LogP contribution in [-0.4, -0.2) is 33.7 Å². The Morgan fingerprint density at radius 1 is 1.24 bits per heavy atom. The SMILES string of the molecule is COc1ccc(OC)c(C(C)Nc2ccc3ncc([N+](=O)[O-])n3n2)c1. The Labute approximate surface area is 143 Å². The number of imidazole rings is 1. The van der Waals surface area contributed by atoms with Crippen molar-refractivity contribution in [1.29, 1.82) is 0 Å². The average molecular weight is 343 g/mol. The second-order valence-electron chi connectivity index (χ2n) is 5.34. The third-order valence-corrected chi connectivity index (χ3v) is 3.80. The van der Waals surface area contributed by atoms with Gasteiger partial charge in [-0.15, -0.1) is 0 Å². The highest BCUT2D eigenvalue weighted by molar-refractivity contribution is 5.50. The van der Waals surface area contributed by atoms with Crippen LogP contribution >= 0.6 is 0 Å². The van der Waals surface area contributed by atoms with Gasteiger partial charge in [-0.1, -0.05) is 9.61 Å². The molecule has 3 aromatic rings. The first-order valence-electron chi connectivity index (χ1n) is 7.51. The van der Waals surface area contributed by atoms with E-state index in [4.69, 9.17) is 9.47 Å². The molecule has 1 N–H and O–H groups in total. The minimum absolute atomic E-state index is 0.169. The van der Waals surface area contributed by atoms with E-state index in [1.807, 2.05) is 25.1 Å². The molecule has 9 nitrogen and oxygen atoms in total. The standard InChI is InChI=1S/C16H17N5O4/c1-10(12-8-11(24-2)4-5-13(12)25-3)18-14-6-7-15-17-9-16(21(22)23)20(15)19-14/h4-10H,1-3H3,(H,18,19). The summed E-state index contributed by atoms with van der Waals surface area (Å²) in [7, 11) is 3.19. The van der Waals surface area contributed by atoms with Gasteiger partial charge in [-0.05, 0) is 36.1 Å². The van der Waals surface area contributed by atoms with Crippen LogP contribution in [-0.2, 0) is 0 Å². The summed E-state index contributed by atoms with van der Waals surface area (Å²) in [6, 6.07) is 8.72. The Balaban J connectivity index is 1.93. The van der Waals surface area contributed by atoms with E-state index in [0.717, 1.165) is 5.56 Å². The highest BCUT2D eigenvalue weighted by Gasteiger charge is 2.18. The van der Waals surface area contributed by atoms with Crippen molar-refractivity contribution in [2.75, 3.05) is 19.5 Å². The van der Waals surface area contributed by atoms with Crippen LogP contribution in [0.5, 0.6) is 11.5 Å². The van der Waals surface area contributed by atoms with E-state index < -0.39 is 4.92 Å². The maximum absolute atomic E-state index is 11.0. The van der Waals surface area contributed by atoms with E-state index in [0.29, 0.717) is 23.0 Å². The zero-order chi connectivity index (χ0) is 18.0. The molecule has 1 aromatic carbocycles. The van der Waals surface area contributed by atoms with Gasteiger partial charge in [-0.25, -0.2) is 4.98 Å². The number of aromatic nitrogens is 3. The molecule has 130 valence electrons. The van der Waals surface area contributed by atoms with Gasteiger partial charge >= 0.3 is 5.82 Å². The zero-order valence-corrected chi connectivity index (χ0v) is 14.0. The van der Waals surface area contributed by atoms with Crippen molar-refractivity contribution < 1.29 is 14.4 Å². The van der Waals surface area contributed by atoms with Crippen molar-refractivity contribution in [1.82, 2.24) is 14.6 Å². The summed E-state index contributed by atoms with van der Waals surface area (Å²) in [6.45, 7) is 1.94. The number of rotatable bonds is 6. The molecule has 0 radical (unpaired) electrons. The second-order valence-corrected chi connectivity index (χ2v) is 5.34. The first-order valence-corrected chi connectivity index (χ1v) is 7.51. The normalized spacial score (nSPS) is 12.0. The van der Waals surface area contributed by atoms with E-state index in [9.17, 15) is 10.1 Å². The summed E-state index contributed by atoms with van der Waals surface area (Å²) in [5.41, 5.74) is 1.28. The lowest BCUT2D eigenvalue weighted by molar-refractivity contribution is -0.391. The Morgan fingerprint density at radius 3 is 2.72 bits per heavy atom. The number of fused-ring (bicyclic) bond motifs is 1. The fourth-order valence-electron chi connectivity index (χ4n) is 2.54. The lowest BCUT2D eigenvalue weighted by atomic mass is 10.1. The van der Waals surface area contributed by atoms with Crippen LogP contribution in [0.25, 0.3) is 5.65 Å². The van der Waals surface area contributed by atoms with Crippen LogP contribution in [0.2, 0.25) is 0 Å². The van der Waals surface area contributed by atoms with Crippen LogP contribution in [0.3, 0.4) is 0 Å². The zero-order valence-electron chi connectivity index (χ0n) is 14.0. The Hall–Kier alpha value is -3.36. The van der Waals surface area contributed by atoms with Crippen molar-refractivity contribution in [3.05, 3.63) is 52.2 Å². The number of hydrogen-bond acceptors (Lipinski definition) is 7. The monoisotopic (exact) mass is 343 g/mol. The molecule has 0 bridgehead atoms. The lowest BCUT2D eigenvalue weighted by Gasteiger charge is -2.18. The Bertz CT molecular complexity index is 924. The fourth-order valence-corrected chi connectivity index (χ4v) is 2.54. The molecule has 0 amide bonds. The van der Waals surface area contributed by atoms with Gasteiger partial charge in [0.05, 0.1) is 20.3 Å². The smallest absolute Gasteiger partial charge is 0.368 e. The van der Waals surface area contributed by atoms with Gasteiger partial charge in [-0.2, -0.15) is 0 Å². The third-order valence-electron chi connectivity index (χ3n) is 3.80. The van der Waals surface area contributed by atoms with Crippen molar-refractivity contribution in [3.8, 4) is 11.5 Å². The molecule has 25 heavy (non-hydrogen) atoms. The van der Waals surface area contributed by atoms with Crippen molar-refractivity contribution in [2.24, 2.45) is 0 Å². The largest absolute Gasteiger partial charge is 0.497 e. The molecular weight excluding hydrogens is 326 g/mol. The summed E-state index contributed by atoms with van der Waals surface area (Å²) in [6.07, 6.45) is 1.18. The van der Waals surface area contributed by atoms with E-state index in [-0.39, 0.29) is 11.9 Å². The minimum atomic E-state index is -0.523. The van der Waals surface area contributed by atoms with E-state index >= 15 is 0 Å². The van der Waals surface area contributed by atoms with Gasteiger partial charge < -0.3 is 24.9 Å². The number of anilines is 1. The highest BCUT2D eigenvalue weighted by Crippen LogP contribution is 2.31. The minimum Gasteiger partial charge on any atom is -0.497 e. The molecule has 0 fully saturated rings. The topological polar surface area (TPSA) is 104 Å². The molecule has 1 unspecified atom stereocenters. The Kier molecular flexibility index (Phi) is 4.38. The molecule has 0 aliphatic rings. The molecule has 9 heteroatoms. The van der Waals surface area contributed by atoms with Gasteiger partial charge in [0.1, 0.15) is 17.7 Å². The average Bonchev–Trinajstić information content (AvgIpc) is 3.04. The summed E-state index contributed by atoms with van der Waals surface area (Å²) in [4.78, 5) is 14.5. The van der Waals surface area contributed by atoms with Crippen LogP contribution in [0.1, 0.15) is 18.5 Å². The van der Waals surface area contributed by atoms with Crippen LogP contribution in [0, 0.1) is 10.1 Å². The van der Waals surface area contributed by atoms with E-state index in [2.05, 4.69) is 15.4 Å². The molecular formula is C16H17N5O4. The van der Waals surface area contributed by atoms with Crippen LogP contribution in [0.15, 0.2) is 36.5 Å². The number of ether oxygens (including phenoxy) is 2. The fraction of sp³-hybridized carbons (Fsp3) is 0.250. The van der Waals surface area contributed by atoms with Crippen LogP contribution in [0.4, 0.5) is 11.6 Å². The van der Waals surface area contributed by atoms with Gasteiger partial charge in [0.25, 0.3) is 0 Å². The van der Waals surface area contributed by atoms with Crippen molar-refractivity contribution in [3.63, 3.8) is 0 Å². The molecule has 0 saturated carbocycles. The molecule has 0 saturated heterocycles. The maximum atomic E-state index is 11.0. The predicted octanol–water partition coefficient (Wildman–Crippen LogP) is 2.83. The molecule has 2 aromatic heterocycles. The summed E-state index contributed by atoms with van der Waals surface area (Å²) in [5.74, 6) is 1.70. The van der Waals surface area contributed by atoms with Gasteiger partial charge in [0.15, 0.2) is 5.82 Å². The van der Waals surface area contributed by atoms with Gasteiger partial charge in [-0.3, -0.25) is 0 Å². The van der Waals surface area contributed by atoms with E-state index in [1.165, 1.54) is 10.7 Å². The molecule has 2 heterocycles. The summed E-state index contributed by atoms with van der Waals surface area (Å²) >= 11 is 0. The van der Waals surface area contributed by atoms with Gasteiger partial charge in [0, 0.05) is 11.6 Å². The molecule has 1 atom stereocenters. The Morgan fingerprint density at radius 2 is 2.04 bits per heavy atom. The third kappa shape index (κ3) is 3.16. The molecule has 3 rings (SSSR count). The maximum Gasteiger partial charge on any atom is 0.368 e. The molecule has 0 aliphatic carbocycles. The second kappa shape index (κ2) is 6.63. The number of nitro groups is 1. The number of methoxy groups -OCH3 is 2. The summed E-state index contributed by atoms with van der Waals surface area (Å²) < 4.78 is 11.8. The van der Waals surface area contributed by atoms with E-state index in [1.54, 1.807) is 26.4 Å². The number of benzene rings is 1. The number of hydrogen-bond donors (Lipinski definition) is 1. The molecule has 0 spiro atoms. The lowest BCUT2D eigenvalue weighted by Crippen LogP contribution is -2.11. The highest BCUT2D eigenvalue weighted by atomic mass is 16.6. The van der Waals surface area contributed by atoms with Crippen molar-refractivity contribution >= 4 is 17.3 Å². The first kappa shape index (κ1) is 16.5. The number of nitrogens with one attached hydrogen (secondary N) is 1. The van der Waals surface area contributed by atoms with Gasteiger partial charge in [0.2, 0.25) is 5.65 Å².